The second-order valence-corrected chi connectivity index (χ2v) is 6.79. The zero-order chi connectivity index (χ0) is 20.1. The van der Waals surface area contributed by atoms with E-state index in [0.29, 0.717) is 23.4 Å². The average molecular weight is 378 g/mol. The Bertz CT molecular complexity index is 1170. The van der Waals surface area contributed by atoms with E-state index >= 15 is 0 Å². The predicted molar refractivity (Wildman–Crippen MR) is 106 cm³/mol. The van der Waals surface area contributed by atoms with Gasteiger partial charge in [-0.1, -0.05) is 39.0 Å². The molecule has 4 heterocycles. The maximum atomic E-state index is 13.0. The normalized spacial score (nSPS) is 19.2. The Morgan fingerprint density at radius 1 is 1.21 bits per heavy atom. The second-order valence-electron chi connectivity index (χ2n) is 6.79. The van der Waals surface area contributed by atoms with Gasteiger partial charge in [0.1, 0.15) is 6.61 Å². The topological polar surface area (TPSA) is 81.4 Å². The third-order valence-electron chi connectivity index (χ3n) is 5.42. The molecule has 0 unspecified atom stereocenters. The van der Waals surface area contributed by atoms with E-state index in [0.717, 1.165) is 22.2 Å². The molecule has 6 nitrogen and oxygen atoms in total. The van der Waals surface area contributed by atoms with Crippen molar-refractivity contribution in [3.63, 3.8) is 0 Å². The third kappa shape index (κ3) is 2.41. The first-order valence-electron chi connectivity index (χ1n) is 9.59. The number of carbonyl (C=O) groups is 1. The average Bonchev–Trinajstić information content (AvgIpc) is 3.09. The summed E-state index contributed by atoms with van der Waals surface area (Å²) in [5.41, 5.74) is 1.81. The smallest absolute Gasteiger partial charge is 0.343 e. The van der Waals surface area contributed by atoms with E-state index in [-0.39, 0.29) is 18.6 Å². The lowest BCUT2D eigenvalue weighted by Gasteiger charge is -2.31. The Kier molecular flexibility index (Phi) is 4.31. The minimum Gasteiger partial charge on any atom is -0.458 e. The molecule has 1 aromatic carbocycles. The van der Waals surface area contributed by atoms with Crippen LogP contribution in [0.2, 0.25) is 0 Å². The summed E-state index contributed by atoms with van der Waals surface area (Å²) in [6.07, 6.45) is 0.139. The summed E-state index contributed by atoms with van der Waals surface area (Å²) >= 11 is 0. The third-order valence-corrected chi connectivity index (χ3v) is 5.42. The number of aromatic nitrogens is 2. The maximum Gasteiger partial charge on any atom is 0.343 e. The Labute approximate surface area is 162 Å². The van der Waals surface area contributed by atoms with E-state index < -0.39 is 11.6 Å². The number of fused-ring (bicyclic) bond motifs is 5. The summed E-state index contributed by atoms with van der Waals surface area (Å²) in [7, 11) is 0. The highest BCUT2D eigenvalue weighted by Crippen LogP contribution is 2.38. The van der Waals surface area contributed by atoms with E-state index in [4.69, 9.17) is 9.72 Å². The molecule has 144 valence electrons. The highest BCUT2D eigenvalue weighted by atomic mass is 16.6. The Hall–Kier alpha value is -2.99. The Balaban J connectivity index is 0.000000932. The van der Waals surface area contributed by atoms with Crippen molar-refractivity contribution in [3.05, 3.63) is 63.4 Å². The zero-order valence-electron chi connectivity index (χ0n) is 16.2. The molecule has 1 atom stereocenters. The number of cyclic esters (lactones) is 1. The molecule has 5 rings (SSSR count). The van der Waals surface area contributed by atoms with Gasteiger partial charge in [-0.2, -0.15) is 0 Å². The van der Waals surface area contributed by atoms with Gasteiger partial charge in [0.05, 0.1) is 29.0 Å². The van der Waals surface area contributed by atoms with Crippen molar-refractivity contribution in [3.8, 4) is 11.4 Å². The van der Waals surface area contributed by atoms with Crippen LogP contribution in [-0.2, 0) is 28.3 Å². The van der Waals surface area contributed by atoms with Crippen molar-refractivity contribution < 1.29 is 14.6 Å². The van der Waals surface area contributed by atoms with E-state index in [9.17, 15) is 14.7 Å². The van der Waals surface area contributed by atoms with Crippen molar-refractivity contribution in [2.45, 2.75) is 45.9 Å². The van der Waals surface area contributed by atoms with Gasteiger partial charge in [0.25, 0.3) is 5.56 Å². The van der Waals surface area contributed by atoms with Gasteiger partial charge in [-0.15, -0.1) is 0 Å². The van der Waals surface area contributed by atoms with Crippen molar-refractivity contribution >= 4 is 16.9 Å². The monoisotopic (exact) mass is 378 g/mol. The van der Waals surface area contributed by atoms with Gasteiger partial charge in [0.15, 0.2) is 5.60 Å². The molecule has 1 N–H and O–H groups in total. The first-order valence-corrected chi connectivity index (χ1v) is 9.59. The van der Waals surface area contributed by atoms with Crippen LogP contribution in [0.3, 0.4) is 0 Å². The molecule has 28 heavy (non-hydrogen) atoms. The lowest BCUT2D eigenvalue weighted by Crippen LogP contribution is -2.44. The van der Waals surface area contributed by atoms with E-state index in [1.54, 1.807) is 17.6 Å². The number of para-hydroxylation sites is 1. The van der Waals surface area contributed by atoms with Crippen LogP contribution in [0.25, 0.3) is 22.3 Å². The molecule has 6 heteroatoms. The van der Waals surface area contributed by atoms with Crippen LogP contribution in [0.5, 0.6) is 0 Å². The van der Waals surface area contributed by atoms with Crippen LogP contribution in [0.15, 0.2) is 41.2 Å². The molecule has 2 aromatic heterocycles. The van der Waals surface area contributed by atoms with Gasteiger partial charge in [0.2, 0.25) is 0 Å². The molecular weight excluding hydrogens is 356 g/mol. The molecule has 3 aromatic rings. The molecule has 2 aliphatic rings. The lowest BCUT2D eigenvalue weighted by molar-refractivity contribution is -0.172. The maximum absolute atomic E-state index is 13.0. The highest BCUT2D eigenvalue weighted by Gasteiger charge is 2.45. The standard InChI is InChI=1S/C20H16N2O4.C2H6/c1-2-20(25)14-8-16-17-12(7-11-5-3-4-6-15(11)21-17)9-22(16)18(23)13(14)10-26-19(20)24;1-2/h3-8,25H,2,9-10H2,1H3;1-2H3/t20-;/m0./s1. The van der Waals surface area contributed by atoms with Crippen LogP contribution in [0, 0.1) is 0 Å². The summed E-state index contributed by atoms with van der Waals surface area (Å²) in [5.74, 6) is -0.707. The van der Waals surface area contributed by atoms with Crippen LogP contribution >= 0.6 is 0 Å². The van der Waals surface area contributed by atoms with Gasteiger partial charge >= 0.3 is 5.97 Å². The van der Waals surface area contributed by atoms with Gasteiger partial charge in [-0.3, -0.25) is 4.79 Å². The minimum atomic E-state index is -1.79. The molecule has 2 aliphatic heterocycles. The lowest BCUT2D eigenvalue weighted by atomic mass is 9.86. The number of benzene rings is 1. The zero-order valence-corrected chi connectivity index (χ0v) is 16.2. The summed E-state index contributed by atoms with van der Waals surface area (Å²) in [5, 5.41) is 11.8. The van der Waals surface area contributed by atoms with E-state index in [1.165, 1.54) is 0 Å². The van der Waals surface area contributed by atoms with Crippen LogP contribution in [0.1, 0.15) is 43.9 Å². The van der Waals surface area contributed by atoms with Crippen molar-refractivity contribution in [1.82, 2.24) is 9.55 Å². The molecule has 0 spiro atoms. The number of rotatable bonds is 1. The SMILES string of the molecule is CC.CC[C@@]1(O)C(=O)OCc2c1cc1n(c2=O)Cc2cc3ccccc3nc2-1. The number of pyridine rings is 2. The van der Waals surface area contributed by atoms with Crippen molar-refractivity contribution in [2.24, 2.45) is 0 Å². The molecule has 0 saturated carbocycles. The minimum absolute atomic E-state index is 0.110. The molecule has 0 fully saturated rings. The fourth-order valence-electron chi connectivity index (χ4n) is 3.93. The Morgan fingerprint density at radius 2 is 1.96 bits per heavy atom. The number of ether oxygens (including phenoxy) is 1. The van der Waals surface area contributed by atoms with Crippen LogP contribution < -0.4 is 5.56 Å². The predicted octanol–water partition coefficient (Wildman–Crippen LogP) is 3.11. The summed E-state index contributed by atoms with van der Waals surface area (Å²) in [6.45, 7) is 6.01. The first-order chi connectivity index (χ1) is 13.5. The van der Waals surface area contributed by atoms with Gasteiger partial charge in [-0.05, 0) is 24.6 Å². The molecule has 0 radical (unpaired) electrons. The number of esters is 1. The molecule has 0 amide bonds. The summed E-state index contributed by atoms with van der Waals surface area (Å²) < 4.78 is 6.72. The molecule has 0 bridgehead atoms. The summed E-state index contributed by atoms with van der Waals surface area (Å²) in [4.78, 5) is 29.9. The van der Waals surface area contributed by atoms with Crippen molar-refractivity contribution in [1.29, 1.82) is 0 Å². The number of hydrogen-bond acceptors (Lipinski definition) is 5. The van der Waals surface area contributed by atoms with Gasteiger partial charge in [-0.25, -0.2) is 9.78 Å². The highest BCUT2D eigenvalue weighted by molar-refractivity contribution is 5.86. The second kappa shape index (κ2) is 6.56. The Morgan fingerprint density at radius 3 is 2.71 bits per heavy atom. The van der Waals surface area contributed by atoms with E-state index in [2.05, 4.69) is 0 Å². The number of nitrogens with zero attached hydrogens (tertiary/aromatic N) is 2. The van der Waals surface area contributed by atoms with Crippen LogP contribution in [-0.4, -0.2) is 20.6 Å². The number of hydrogen-bond donors (Lipinski definition) is 1. The van der Waals surface area contributed by atoms with Gasteiger partial charge in [0, 0.05) is 16.5 Å². The molecular formula is C22H22N2O4. The fraction of sp³-hybridized carbons (Fsp3) is 0.318. The summed E-state index contributed by atoms with van der Waals surface area (Å²) in [6, 6.07) is 11.6. The first kappa shape index (κ1) is 18.4. The van der Waals surface area contributed by atoms with Gasteiger partial charge < -0.3 is 14.4 Å². The quantitative estimate of drug-likeness (QED) is 0.515. The number of aliphatic hydroxyl groups is 1. The van der Waals surface area contributed by atoms with Crippen LogP contribution in [0.4, 0.5) is 0 Å². The molecule has 0 aliphatic carbocycles. The number of carbonyl (C=O) groups excluding carboxylic acids is 1. The largest absolute Gasteiger partial charge is 0.458 e. The molecule has 0 saturated heterocycles. The van der Waals surface area contributed by atoms with E-state index in [1.807, 2.05) is 44.2 Å². The fourth-order valence-corrected chi connectivity index (χ4v) is 3.93. The van der Waals surface area contributed by atoms with Crippen molar-refractivity contribution in [2.75, 3.05) is 0 Å².